The number of nitrogens with zero attached hydrogens (tertiary/aromatic N) is 1. The Balaban J connectivity index is 1.81. The summed E-state index contributed by atoms with van der Waals surface area (Å²) in [5.74, 6) is -0.0388. The molecule has 3 atom stereocenters. The molecular weight excluding hydrogens is 414 g/mol. The second-order valence-electron chi connectivity index (χ2n) is 9.23. The Morgan fingerprint density at radius 3 is 2.24 bits per heavy atom. The lowest BCUT2D eigenvalue weighted by Gasteiger charge is -2.39. The molecule has 1 amide bonds. The zero-order valence-electron chi connectivity index (χ0n) is 20.3. The van der Waals surface area contributed by atoms with Gasteiger partial charge in [-0.05, 0) is 37.8 Å². The summed E-state index contributed by atoms with van der Waals surface area (Å²) in [5, 5.41) is 0. The smallest absolute Gasteiger partial charge is 0.251 e. The zero-order valence-corrected chi connectivity index (χ0v) is 20.3. The van der Waals surface area contributed by atoms with Crippen molar-refractivity contribution in [2.45, 2.75) is 64.1 Å². The SMILES string of the molecule is C/C1=C/CC[C@@](C)(OCc2ccccc2)[C@@H](COCc2ccccc2)O[C@@H](C(=O)N(C)C)C1. The van der Waals surface area contributed by atoms with E-state index in [0.717, 1.165) is 29.5 Å². The monoisotopic (exact) mass is 451 g/mol. The first kappa shape index (κ1) is 25.2. The van der Waals surface area contributed by atoms with Crippen LogP contribution in [0.3, 0.4) is 0 Å². The summed E-state index contributed by atoms with van der Waals surface area (Å²) in [5.41, 5.74) is 2.76. The largest absolute Gasteiger partial charge is 0.374 e. The fourth-order valence-corrected chi connectivity index (χ4v) is 4.03. The Morgan fingerprint density at radius 2 is 1.64 bits per heavy atom. The van der Waals surface area contributed by atoms with E-state index in [4.69, 9.17) is 14.2 Å². The van der Waals surface area contributed by atoms with Gasteiger partial charge in [0, 0.05) is 20.5 Å². The maximum absolute atomic E-state index is 12.9. The van der Waals surface area contributed by atoms with E-state index in [1.165, 1.54) is 0 Å². The molecule has 33 heavy (non-hydrogen) atoms. The average Bonchev–Trinajstić information content (AvgIpc) is 2.87. The lowest BCUT2D eigenvalue weighted by atomic mass is 9.92. The van der Waals surface area contributed by atoms with E-state index in [0.29, 0.717) is 26.2 Å². The lowest BCUT2D eigenvalue weighted by molar-refractivity contribution is -0.190. The summed E-state index contributed by atoms with van der Waals surface area (Å²) >= 11 is 0. The molecule has 0 aromatic heterocycles. The third kappa shape index (κ3) is 7.53. The van der Waals surface area contributed by atoms with Crippen LogP contribution in [0, 0.1) is 0 Å². The molecule has 0 unspecified atom stereocenters. The van der Waals surface area contributed by atoms with Gasteiger partial charge in [0.1, 0.15) is 12.2 Å². The Kier molecular flexibility index (Phi) is 9.24. The van der Waals surface area contributed by atoms with Crippen LogP contribution in [-0.4, -0.2) is 49.3 Å². The number of likely N-dealkylation sites (N-methyl/N-ethyl adjacent to an activating group) is 1. The van der Waals surface area contributed by atoms with E-state index >= 15 is 0 Å². The molecule has 0 radical (unpaired) electrons. The molecule has 0 bridgehead atoms. The highest BCUT2D eigenvalue weighted by molar-refractivity contribution is 5.80. The van der Waals surface area contributed by atoms with Gasteiger partial charge in [-0.2, -0.15) is 0 Å². The van der Waals surface area contributed by atoms with Crippen molar-refractivity contribution in [3.05, 3.63) is 83.4 Å². The van der Waals surface area contributed by atoms with Gasteiger partial charge in [0.25, 0.3) is 5.91 Å². The fourth-order valence-electron chi connectivity index (χ4n) is 4.03. The van der Waals surface area contributed by atoms with Gasteiger partial charge in [0.05, 0.1) is 25.4 Å². The minimum absolute atomic E-state index is 0.0388. The quantitative estimate of drug-likeness (QED) is 0.521. The van der Waals surface area contributed by atoms with Gasteiger partial charge >= 0.3 is 0 Å². The molecule has 1 aliphatic heterocycles. The molecule has 0 aliphatic carbocycles. The standard InChI is InChI=1S/C28H37NO4/c1-22-12-11-17-28(2,32-20-24-15-9-6-10-16-24)26(33-25(18-22)27(30)29(3)4)21-31-19-23-13-7-5-8-14-23/h5-10,12-16,25-26H,11,17-21H2,1-4H3/b22-12-/t25-,26-,28-/m1/s1. The predicted molar refractivity (Wildman–Crippen MR) is 131 cm³/mol. The van der Waals surface area contributed by atoms with E-state index in [2.05, 4.69) is 32.1 Å². The van der Waals surface area contributed by atoms with Crippen molar-refractivity contribution >= 4 is 5.91 Å². The molecule has 2 aromatic rings. The molecule has 0 saturated heterocycles. The number of carbonyl (C=O) groups is 1. The van der Waals surface area contributed by atoms with E-state index in [-0.39, 0.29) is 5.91 Å². The molecule has 2 aromatic carbocycles. The first-order valence-electron chi connectivity index (χ1n) is 11.7. The Labute approximate surface area is 198 Å². The van der Waals surface area contributed by atoms with E-state index < -0.39 is 17.8 Å². The number of carbonyl (C=O) groups excluding carboxylic acids is 1. The number of ether oxygens (including phenoxy) is 3. The number of benzene rings is 2. The first-order chi connectivity index (χ1) is 15.9. The van der Waals surface area contributed by atoms with Crippen LogP contribution in [0.4, 0.5) is 0 Å². The van der Waals surface area contributed by atoms with Gasteiger partial charge in [0.15, 0.2) is 0 Å². The summed E-state index contributed by atoms with van der Waals surface area (Å²) in [6.07, 6.45) is 3.45. The Hall–Kier alpha value is -2.47. The van der Waals surface area contributed by atoms with Crippen molar-refractivity contribution in [3.8, 4) is 0 Å². The normalized spacial score (nSPS) is 25.3. The third-order valence-corrected chi connectivity index (χ3v) is 6.16. The molecule has 3 rings (SSSR count). The molecule has 5 nitrogen and oxygen atoms in total. The van der Waals surface area contributed by atoms with Gasteiger partial charge in [-0.1, -0.05) is 72.3 Å². The lowest BCUT2D eigenvalue weighted by Crippen LogP contribution is -2.50. The van der Waals surface area contributed by atoms with Crippen molar-refractivity contribution in [1.29, 1.82) is 0 Å². The van der Waals surface area contributed by atoms with Crippen molar-refractivity contribution in [2.24, 2.45) is 0 Å². The summed E-state index contributed by atoms with van der Waals surface area (Å²) in [7, 11) is 3.53. The summed E-state index contributed by atoms with van der Waals surface area (Å²) in [6.45, 7) is 5.45. The minimum Gasteiger partial charge on any atom is -0.374 e. The van der Waals surface area contributed by atoms with E-state index in [1.807, 2.05) is 48.5 Å². The molecule has 5 heteroatoms. The van der Waals surface area contributed by atoms with Crippen LogP contribution in [-0.2, 0) is 32.2 Å². The van der Waals surface area contributed by atoms with Crippen molar-refractivity contribution in [2.75, 3.05) is 20.7 Å². The topological polar surface area (TPSA) is 48.0 Å². The number of hydrogen-bond acceptors (Lipinski definition) is 4. The van der Waals surface area contributed by atoms with E-state index in [1.54, 1.807) is 19.0 Å². The summed E-state index contributed by atoms with van der Waals surface area (Å²) in [6, 6.07) is 20.2. The maximum atomic E-state index is 12.9. The molecule has 0 N–H and O–H groups in total. The van der Waals surface area contributed by atoms with Crippen LogP contribution in [0.2, 0.25) is 0 Å². The highest BCUT2D eigenvalue weighted by Crippen LogP contribution is 2.31. The zero-order chi connectivity index (χ0) is 23.7. The minimum atomic E-state index is -0.613. The molecule has 1 aliphatic rings. The Bertz CT molecular complexity index is 897. The van der Waals surface area contributed by atoms with Gasteiger partial charge < -0.3 is 19.1 Å². The fraction of sp³-hybridized carbons (Fsp3) is 0.464. The molecule has 0 spiro atoms. The average molecular weight is 452 g/mol. The second-order valence-corrected chi connectivity index (χ2v) is 9.23. The molecule has 0 fully saturated rings. The van der Waals surface area contributed by atoms with Gasteiger partial charge in [-0.3, -0.25) is 4.79 Å². The number of allylic oxidation sites excluding steroid dienone is 1. The van der Waals surface area contributed by atoms with Crippen LogP contribution < -0.4 is 0 Å². The van der Waals surface area contributed by atoms with Crippen LogP contribution in [0.25, 0.3) is 0 Å². The van der Waals surface area contributed by atoms with Crippen LogP contribution in [0.1, 0.15) is 44.2 Å². The maximum Gasteiger partial charge on any atom is 0.251 e. The van der Waals surface area contributed by atoms with Gasteiger partial charge in [-0.15, -0.1) is 0 Å². The molecule has 178 valence electrons. The molecular formula is C28H37NO4. The van der Waals surface area contributed by atoms with Crippen molar-refractivity contribution in [1.82, 2.24) is 4.90 Å². The van der Waals surface area contributed by atoms with Crippen LogP contribution in [0.5, 0.6) is 0 Å². The molecule has 0 saturated carbocycles. The van der Waals surface area contributed by atoms with E-state index in [9.17, 15) is 4.79 Å². The highest BCUT2D eigenvalue weighted by atomic mass is 16.6. The highest BCUT2D eigenvalue weighted by Gasteiger charge is 2.40. The summed E-state index contributed by atoms with van der Waals surface area (Å²) < 4.78 is 19.2. The summed E-state index contributed by atoms with van der Waals surface area (Å²) in [4.78, 5) is 14.5. The number of hydrogen-bond donors (Lipinski definition) is 0. The van der Waals surface area contributed by atoms with Crippen molar-refractivity contribution < 1.29 is 19.0 Å². The Morgan fingerprint density at radius 1 is 1.03 bits per heavy atom. The number of amides is 1. The number of rotatable bonds is 8. The third-order valence-electron chi connectivity index (χ3n) is 6.16. The van der Waals surface area contributed by atoms with Crippen molar-refractivity contribution in [3.63, 3.8) is 0 Å². The van der Waals surface area contributed by atoms with Crippen LogP contribution >= 0.6 is 0 Å². The van der Waals surface area contributed by atoms with Gasteiger partial charge in [-0.25, -0.2) is 0 Å². The van der Waals surface area contributed by atoms with Crippen LogP contribution in [0.15, 0.2) is 72.3 Å². The molecule has 1 heterocycles. The van der Waals surface area contributed by atoms with Gasteiger partial charge in [0.2, 0.25) is 0 Å². The second kappa shape index (κ2) is 12.1. The predicted octanol–water partition coefficient (Wildman–Crippen LogP) is 5.15. The first-order valence-corrected chi connectivity index (χ1v) is 11.7.